The van der Waals surface area contributed by atoms with Crippen LogP contribution >= 0.6 is 0 Å². The summed E-state index contributed by atoms with van der Waals surface area (Å²) < 4.78 is 2.27. The second-order valence-electron chi connectivity index (χ2n) is 7.99. The van der Waals surface area contributed by atoms with Crippen LogP contribution in [0.15, 0.2) is 36.5 Å². The zero-order valence-corrected chi connectivity index (χ0v) is 16.7. The van der Waals surface area contributed by atoms with Crippen molar-refractivity contribution in [2.45, 2.75) is 48.0 Å². The molecule has 0 unspecified atom stereocenters. The van der Waals surface area contributed by atoms with Gasteiger partial charge in [0.15, 0.2) is 6.20 Å². The molecule has 1 aromatic heterocycles. The molecule has 1 nitrogen and oxygen atoms in total. The number of hydrogen-bond donors (Lipinski definition) is 0. The van der Waals surface area contributed by atoms with Crippen LogP contribution < -0.4 is 4.57 Å². The summed E-state index contributed by atoms with van der Waals surface area (Å²) in [5.74, 6) is 0.678. The molecular formula is C24H30N+. The van der Waals surface area contributed by atoms with Crippen molar-refractivity contribution in [2.75, 3.05) is 0 Å². The molecule has 3 rings (SSSR count). The monoisotopic (exact) mass is 332 g/mol. The Labute approximate surface area is 152 Å². The van der Waals surface area contributed by atoms with Gasteiger partial charge in [-0.15, -0.1) is 0 Å². The summed E-state index contributed by atoms with van der Waals surface area (Å²) in [7, 11) is 2.16. The molecular weight excluding hydrogens is 302 g/mol. The van der Waals surface area contributed by atoms with Crippen LogP contribution in [0.2, 0.25) is 0 Å². The first kappa shape index (κ1) is 17.7. The third-order valence-electron chi connectivity index (χ3n) is 5.29. The fraction of sp³-hybridized carbons (Fsp3) is 0.375. The van der Waals surface area contributed by atoms with E-state index in [9.17, 15) is 0 Å². The number of hydrogen-bond acceptors (Lipinski definition) is 0. The average molecular weight is 333 g/mol. The molecule has 0 saturated heterocycles. The molecule has 0 aliphatic rings. The van der Waals surface area contributed by atoms with Gasteiger partial charge in [-0.2, -0.15) is 0 Å². The zero-order chi connectivity index (χ0) is 18.3. The summed E-state index contributed by atoms with van der Waals surface area (Å²) >= 11 is 0. The highest BCUT2D eigenvalue weighted by Crippen LogP contribution is 2.32. The van der Waals surface area contributed by atoms with Gasteiger partial charge >= 0.3 is 0 Å². The topological polar surface area (TPSA) is 3.88 Å². The highest BCUT2D eigenvalue weighted by atomic mass is 14.9. The fourth-order valence-corrected chi connectivity index (χ4v) is 3.85. The Balaban J connectivity index is 2.32. The second-order valence-corrected chi connectivity index (χ2v) is 7.99. The SMILES string of the molecule is Cc1cc(C)c(C)c(-c2c3cc(C)c(CC(C)C)cc3cc[n+]2C)c1. The number of aromatic nitrogens is 1. The molecule has 0 saturated carbocycles. The van der Waals surface area contributed by atoms with Crippen molar-refractivity contribution in [3.8, 4) is 11.3 Å². The minimum atomic E-state index is 0.678. The molecule has 130 valence electrons. The van der Waals surface area contributed by atoms with Crippen LogP contribution in [0.4, 0.5) is 0 Å². The fourth-order valence-electron chi connectivity index (χ4n) is 3.85. The van der Waals surface area contributed by atoms with E-state index in [1.807, 2.05) is 0 Å². The van der Waals surface area contributed by atoms with E-state index in [1.165, 1.54) is 49.8 Å². The van der Waals surface area contributed by atoms with Crippen LogP contribution in [0.1, 0.15) is 41.7 Å². The van der Waals surface area contributed by atoms with Gasteiger partial charge in [-0.05, 0) is 79.8 Å². The number of pyridine rings is 1. The van der Waals surface area contributed by atoms with E-state index in [0.717, 1.165) is 6.42 Å². The Morgan fingerprint density at radius 3 is 2.32 bits per heavy atom. The van der Waals surface area contributed by atoms with Crippen molar-refractivity contribution >= 4 is 10.8 Å². The molecule has 3 aromatic rings. The van der Waals surface area contributed by atoms with Crippen molar-refractivity contribution < 1.29 is 4.57 Å². The average Bonchev–Trinajstić information content (AvgIpc) is 2.52. The minimum Gasteiger partial charge on any atom is -0.200 e. The van der Waals surface area contributed by atoms with Crippen LogP contribution in [-0.2, 0) is 13.5 Å². The molecule has 0 spiro atoms. The van der Waals surface area contributed by atoms with Crippen LogP contribution in [0.25, 0.3) is 22.0 Å². The van der Waals surface area contributed by atoms with Crippen molar-refractivity contribution in [1.29, 1.82) is 0 Å². The van der Waals surface area contributed by atoms with Gasteiger partial charge in [0.05, 0.1) is 10.9 Å². The Morgan fingerprint density at radius 1 is 0.920 bits per heavy atom. The van der Waals surface area contributed by atoms with Gasteiger partial charge in [0.1, 0.15) is 7.05 Å². The molecule has 0 aliphatic carbocycles. The van der Waals surface area contributed by atoms with Crippen molar-refractivity contribution in [2.24, 2.45) is 13.0 Å². The first-order valence-electron chi connectivity index (χ1n) is 9.28. The number of nitrogens with zero attached hydrogens (tertiary/aromatic N) is 1. The summed E-state index contributed by atoms with van der Waals surface area (Å²) in [5.41, 5.74) is 9.60. The maximum absolute atomic E-state index is 2.39. The molecule has 1 heteroatoms. The van der Waals surface area contributed by atoms with Gasteiger partial charge in [-0.25, -0.2) is 4.57 Å². The maximum atomic E-state index is 2.39. The number of rotatable bonds is 3. The summed E-state index contributed by atoms with van der Waals surface area (Å²) in [6.45, 7) is 13.5. The Morgan fingerprint density at radius 2 is 1.64 bits per heavy atom. The van der Waals surface area contributed by atoms with Crippen molar-refractivity contribution in [1.82, 2.24) is 0 Å². The van der Waals surface area contributed by atoms with Gasteiger partial charge < -0.3 is 0 Å². The van der Waals surface area contributed by atoms with Crippen molar-refractivity contribution in [3.63, 3.8) is 0 Å². The van der Waals surface area contributed by atoms with Crippen LogP contribution in [0, 0.1) is 33.6 Å². The van der Waals surface area contributed by atoms with Gasteiger partial charge in [-0.1, -0.05) is 31.5 Å². The lowest BCUT2D eigenvalue weighted by Gasteiger charge is -2.14. The highest BCUT2D eigenvalue weighted by molar-refractivity contribution is 5.94. The molecule has 0 fully saturated rings. The first-order chi connectivity index (χ1) is 11.8. The van der Waals surface area contributed by atoms with Gasteiger partial charge in [0.2, 0.25) is 5.69 Å². The molecule has 25 heavy (non-hydrogen) atoms. The van der Waals surface area contributed by atoms with E-state index >= 15 is 0 Å². The van der Waals surface area contributed by atoms with E-state index in [2.05, 4.69) is 89.7 Å². The summed E-state index contributed by atoms with van der Waals surface area (Å²) in [4.78, 5) is 0. The summed E-state index contributed by atoms with van der Waals surface area (Å²) in [6, 6.07) is 11.6. The maximum Gasteiger partial charge on any atom is 0.220 e. The van der Waals surface area contributed by atoms with Gasteiger partial charge in [-0.3, -0.25) is 0 Å². The molecule has 0 atom stereocenters. The minimum absolute atomic E-state index is 0.678. The smallest absolute Gasteiger partial charge is 0.200 e. The largest absolute Gasteiger partial charge is 0.220 e. The van der Waals surface area contributed by atoms with E-state index in [1.54, 1.807) is 0 Å². The quantitative estimate of drug-likeness (QED) is 0.537. The van der Waals surface area contributed by atoms with E-state index in [-0.39, 0.29) is 0 Å². The highest BCUT2D eigenvalue weighted by Gasteiger charge is 2.19. The lowest BCUT2D eigenvalue weighted by molar-refractivity contribution is -0.659. The molecule has 1 heterocycles. The number of benzene rings is 2. The summed E-state index contributed by atoms with van der Waals surface area (Å²) in [6.07, 6.45) is 3.34. The predicted molar refractivity (Wildman–Crippen MR) is 108 cm³/mol. The van der Waals surface area contributed by atoms with E-state index < -0.39 is 0 Å². The number of aryl methyl sites for hydroxylation is 4. The molecule has 0 amide bonds. The van der Waals surface area contributed by atoms with Crippen LogP contribution in [0.5, 0.6) is 0 Å². The molecule has 0 bridgehead atoms. The second kappa shape index (κ2) is 6.63. The lowest BCUT2D eigenvalue weighted by atomic mass is 9.91. The summed E-state index contributed by atoms with van der Waals surface area (Å²) in [5, 5.41) is 2.69. The van der Waals surface area contributed by atoms with Gasteiger partial charge in [0.25, 0.3) is 0 Å². The Bertz CT molecular complexity index is 948. The molecule has 2 aromatic carbocycles. The van der Waals surface area contributed by atoms with Gasteiger partial charge in [0, 0.05) is 6.07 Å². The molecule has 0 N–H and O–H groups in total. The normalized spacial score (nSPS) is 11.5. The zero-order valence-electron chi connectivity index (χ0n) is 16.7. The Hall–Kier alpha value is -2.15. The lowest BCUT2D eigenvalue weighted by Crippen LogP contribution is -2.31. The van der Waals surface area contributed by atoms with Crippen molar-refractivity contribution in [3.05, 3.63) is 64.3 Å². The third kappa shape index (κ3) is 3.33. The Kier molecular flexibility index (Phi) is 4.69. The standard InChI is InChI=1S/C24H30N/c1-15(2)10-21-14-20-8-9-25(7)24(23(20)13-18(21)5)22-12-16(3)11-17(4)19(22)6/h8-9,11-15H,10H2,1-7H3/q+1. The molecule has 0 aliphatic heterocycles. The first-order valence-corrected chi connectivity index (χ1v) is 9.28. The molecule has 0 radical (unpaired) electrons. The van der Waals surface area contributed by atoms with Crippen LogP contribution in [-0.4, -0.2) is 0 Å². The van der Waals surface area contributed by atoms with E-state index in [4.69, 9.17) is 0 Å². The van der Waals surface area contributed by atoms with Crippen LogP contribution in [0.3, 0.4) is 0 Å². The predicted octanol–water partition coefficient (Wildman–Crippen LogP) is 5.76. The number of fused-ring (bicyclic) bond motifs is 1. The van der Waals surface area contributed by atoms with E-state index in [0.29, 0.717) is 5.92 Å². The third-order valence-corrected chi connectivity index (χ3v) is 5.29.